The molecule has 1 aromatic rings. The SMILES string of the molecule is C=CC(=O)OCC1=CSC(c2ccc(SOC)cc2)S1. The van der Waals surface area contributed by atoms with Crippen LogP contribution in [0.1, 0.15) is 10.1 Å². The van der Waals surface area contributed by atoms with Crippen LogP contribution in [0.4, 0.5) is 0 Å². The van der Waals surface area contributed by atoms with E-state index in [2.05, 4.69) is 18.7 Å². The van der Waals surface area contributed by atoms with Crippen molar-refractivity contribution in [2.45, 2.75) is 9.48 Å². The molecule has 0 aromatic heterocycles. The Labute approximate surface area is 131 Å². The van der Waals surface area contributed by atoms with Crippen molar-refractivity contribution in [1.29, 1.82) is 0 Å². The van der Waals surface area contributed by atoms with Crippen molar-refractivity contribution in [3.63, 3.8) is 0 Å². The minimum absolute atomic E-state index is 0.314. The summed E-state index contributed by atoms with van der Waals surface area (Å²) in [7, 11) is 1.65. The Hall–Kier alpha value is -0.820. The molecule has 1 heterocycles. The van der Waals surface area contributed by atoms with Gasteiger partial charge < -0.3 is 8.92 Å². The Morgan fingerprint density at radius 3 is 2.85 bits per heavy atom. The van der Waals surface area contributed by atoms with Gasteiger partial charge in [-0.2, -0.15) is 0 Å². The molecule has 0 aliphatic carbocycles. The lowest BCUT2D eigenvalue weighted by Gasteiger charge is -2.10. The zero-order valence-corrected chi connectivity index (χ0v) is 13.4. The number of hydrogen-bond acceptors (Lipinski definition) is 6. The van der Waals surface area contributed by atoms with Gasteiger partial charge in [0, 0.05) is 27.9 Å². The normalized spacial score (nSPS) is 17.6. The summed E-state index contributed by atoms with van der Waals surface area (Å²) in [5.74, 6) is -0.388. The van der Waals surface area contributed by atoms with E-state index in [1.54, 1.807) is 30.6 Å². The van der Waals surface area contributed by atoms with Crippen molar-refractivity contribution in [2.75, 3.05) is 13.7 Å². The number of carbonyl (C=O) groups excluding carboxylic acids is 1. The summed E-state index contributed by atoms with van der Waals surface area (Å²) in [4.78, 5) is 13.2. The quantitative estimate of drug-likeness (QED) is 0.438. The third-order valence-electron chi connectivity index (χ3n) is 2.44. The number of rotatable bonds is 6. The Balaban J connectivity index is 1.87. The van der Waals surface area contributed by atoms with Gasteiger partial charge in [-0.15, -0.1) is 23.5 Å². The molecule has 0 spiro atoms. The van der Waals surface area contributed by atoms with Crippen LogP contribution in [0.2, 0.25) is 0 Å². The van der Waals surface area contributed by atoms with Gasteiger partial charge in [0.05, 0.1) is 11.7 Å². The first-order valence-electron chi connectivity index (χ1n) is 5.84. The highest BCUT2D eigenvalue weighted by molar-refractivity contribution is 8.22. The van der Waals surface area contributed by atoms with Crippen LogP contribution in [-0.4, -0.2) is 19.7 Å². The van der Waals surface area contributed by atoms with Gasteiger partial charge in [-0.3, -0.25) is 0 Å². The van der Waals surface area contributed by atoms with Crippen LogP contribution in [-0.2, 0) is 13.7 Å². The van der Waals surface area contributed by atoms with Gasteiger partial charge >= 0.3 is 5.97 Å². The Bertz CT molecular complexity index is 511. The average molecular weight is 326 g/mol. The maximum Gasteiger partial charge on any atom is 0.330 e. The highest BCUT2D eigenvalue weighted by Crippen LogP contribution is 2.50. The van der Waals surface area contributed by atoms with Crippen molar-refractivity contribution >= 4 is 41.5 Å². The fourth-order valence-electron chi connectivity index (χ4n) is 1.52. The summed E-state index contributed by atoms with van der Waals surface area (Å²) in [5, 5.41) is 2.05. The van der Waals surface area contributed by atoms with E-state index in [4.69, 9.17) is 8.92 Å². The molecule has 1 aromatic carbocycles. The second-order valence-corrected chi connectivity index (χ2v) is 7.28. The zero-order valence-electron chi connectivity index (χ0n) is 10.9. The predicted molar refractivity (Wildman–Crippen MR) is 86.5 cm³/mol. The van der Waals surface area contributed by atoms with Crippen LogP contribution in [0.15, 0.2) is 52.1 Å². The Morgan fingerprint density at radius 1 is 1.45 bits per heavy atom. The van der Waals surface area contributed by atoms with Crippen LogP contribution in [0.3, 0.4) is 0 Å². The summed E-state index contributed by atoms with van der Waals surface area (Å²) < 4.78 is 10.4. The molecule has 0 N–H and O–H groups in total. The number of esters is 1. The highest BCUT2D eigenvalue weighted by Gasteiger charge is 2.21. The van der Waals surface area contributed by atoms with E-state index >= 15 is 0 Å². The molecule has 1 aliphatic heterocycles. The topological polar surface area (TPSA) is 35.5 Å². The number of benzene rings is 1. The minimum Gasteiger partial charge on any atom is -0.457 e. The van der Waals surface area contributed by atoms with Gasteiger partial charge in [0.15, 0.2) is 0 Å². The molecule has 1 unspecified atom stereocenters. The van der Waals surface area contributed by atoms with Gasteiger partial charge in [0.1, 0.15) is 6.61 Å². The summed E-state index contributed by atoms with van der Waals surface area (Å²) in [5.41, 5.74) is 1.24. The van der Waals surface area contributed by atoms with Crippen LogP contribution in [0, 0.1) is 0 Å². The average Bonchev–Trinajstić information content (AvgIpc) is 2.95. The lowest BCUT2D eigenvalue weighted by molar-refractivity contribution is -0.136. The van der Waals surface area contributed by atoms with E-state index in [9.17, 15) is 4.79 Å². The Morgan fingerprint density at radius 2 is 2.20 bits per heavy atom. The van der Waals surface area contributed by atoms with Gasteiger partial charge in [0.2, 0.25) is 0 Å². The molecule has 106 valence electrons. The van der Waals surface area contributed by atoms with Gasteiger partial charge in [0.25, 0.3) is 0 Å². The molecule has 20 heavy (non-hydrogen) atoms. The van der Waals surface area contributed by atoms with Crippen LogP contribution in [0.5, 0.6) is 0 Å². The van der Waals surface area contributed by atoms with Crippen molar-refractivity contribution in [3.8, 4) is 0 Å². The van der Waals surface area contributed by atoms with Crippen LogP contribution < -0.4 is 0 Å². The molecule has 0 saturated heterocycles. The lowest BCUT2D eigenvalue weighted by atomic mass is 10.2. The van der Waals surface area contributed by atoms with Crippen molar-refractivity contribution in [3.05, 3.63) is 52.8 Å². The monoisotopic (exact) mass is 326 g/mol. The highest BCUT2D eigenvalue weighted by atomic mass is 32.2. The predicted octanol–water partition coefficient (Wildman–Crippen LogP) is 4.39. The molecule has 0 amide bonds. The second-order valence-electron chi connectivity index (χ2n) is 3.80. The summed E-state index contributed by atoms with van der Waals surface area (Å²) in [6, 6.07) is 8.28. The standard InChI is InChI=1S/C14H14O3S3/c1-3-13(15)17-8-12-9-18-14(19-12)10-4-6-11(7-5-10)20-16-2/h3-7,9,14H,1,8H2,2H3. The lowest BCUT2D eigenvalue weighted by Crippen LogP contribution is -2.01. The maximum atomic E-state index is 11.0. The summed E-state index contributed by atoms with van der Waals surface area (Å²) in [6.45, 7) is 3.69. The van der Waals surface area contributed by atoms with E-state index < -0.39 is 0 Å². The largest absolute Gasteiger partial charge is 0.457 e. The van der Waals surface area contributed by atoms with Crippen LogP contribution in [0.25, 0.3) is 0 Å². The third-order valence-corrected chi connectivity index (χ3v) is 5.80. The van der Waals surface area contributed by atoms with Crippen LogP contribution >= 0.6 is 35.6 Å². The van der Waals surface area contributed by atoms with E-state index in [1.807, 2.05) is 17.5 Å². The van der Waals surface area contributed by atoms with Crippen molar-refractivity contribution in [2.24, 2.45) is 0 Å². The van der Waals surface area contributed by atoms with E-state index in [0.29, 0.717) is 11.2 Å². The van der Waals surface area contributed by atoms with Crippen molar-refractivity contribution in [1.82, 2.24) is 0 Å². The van der Waals surface area contributed by atoms with Gasteiger partial charge in [-0.25, -0.2) is 4.79 Å². The molecule has 0 bridgehead atoms. The molecule has 6 heteroatoms. The van der Waals surface area contributed by atoms with E-state index in [1.165, 1.54) is 23.7 Å². The first-order chi connectivity index (χ1) is 9.72. The molecule has 1 aliphatic rings. The fraction of sp³-hybridized carbons (Fsp3) is 0.214. The molecule has 2 rings (SSSR count). The molecule has 3 nitrogen and oxygen atoms in total. The molecular weight excluding hydrogens is 312 g/mol. The number of carbonyl (C=O) groups is 1. The maximum absolute atomic E-state index is 11.0. The third kappa shape index (κ3) is 4.34. The van der Waals surface area contributed by atoms with Gasteiger partial charge in [-0.05, 0) is 23.1 Å². The first-order valence-corrected chi connectivity index (χ1v) is 8.40. The second kappa shape index (κ2) is 7.83. The fourth-order valence-corrected chi connectivity index (χ4v) is 4.46. The molecule has 1 atom stereocenters. The molecular formula is C14H14O3S3. The van der Waals surface area contributed by atoms with E-state index in [0.717, 1.165) is 9.80 Å². The zero-order chi connectivity index (χ0) is 14.4. The van der Waals surface area contributed by atoms with Crippen molar-refractivity contribution < 1.29 is 13.7 Å². The number of thioether (sulfide) groups is 2. The molecule has 0 radical (unpaired) electrons. The van der Waals surface area contributed by atoms with Gasteiger partial charge in [-0.1, -0.05) is 18.7 Å². The minimum atomic E-state index is -0.388. The summed E-state index contributed by atoms with van der Waals surface area (Å²) >= 11 is 4.79. The molecule has 0 saturated carbocycles. The summed E-state index contributed by atoms with van der Waals surface area (Å²) in [6.07, 6.45) is 1.18. The number of ether oxygens (including phenoxy) is 1. The van der Waals surface area contributed by atoms with E-state index in [-0.39, 0.29) is 5.97 Å². The molecule has 0 fully saturated rings. The first kappa shape index (κ1) is 15.6. The number of hydrogen-bond donors (Lipinski definition) is 0. The Kier molecular flexibility index (Phi) is 6.09. The smallest absolute Gasteiger partial charge is 0.330 e.